The molecule has 0 N–H and O–H groups in total. The molecule has 0 amide bonds. The number of fused-ring (bicyclic) bond motifs is 7. The van der Waals surface area contributed by atoms with Crippen LogP contribution in [0, 0.1) is 0 Å². The highest BCUT2D eigenvalue weighted by Gasteiger charge is 2.23. The summed E-state index contributed by atoms with van der Waals surface area (Å²) in [6.07, 6.45) is 0. The minimum absolute atomic E-state index is 0.652. The Morgan fingerprint density at radius 2 is 0.778 bits per heavy atom. The minimum Gasteiger partial charge on any atom is -0.208 e. The van der Waals surface area contributed by atoms with Gasteiger partial charge in [0.15, 0.2) is 17.5 Å². The fourth-order valence-corrected chi connectivity index (χ4v) is 10.3. The molecule has 5 heteroatoms. The summed E-state index contributed by atoms with van der Waals surface area (Å²) in [5.41, 5.74) is 7.49. The molecule has 252 valence electrons. The fourth-order valence-electron chi connectivity index (χ4n) is 7.90. The quantitative estimate of drug-likeness (QED) is 0.177. The standard InChI is InChI=1S/C49H29N3S2/c1-3-14-30(15-4-1)33-21-11-18-32-28-29-34(31-16-5-2-6-17-31)44(43(32)33)49-51-47(39-24-12-22-37-35-19-7-9-26-41(35)53-45(37)39)50-48(52-49)40-25-13-23-38-36-20-8-10-27-42(36)54-46(38)40/h1-29H. The van der Waals surface area contributed by atoms with Crippen molar-refractivity contribution in [3.8, 4) is 56.4 Å². The van der Waals surface area contributed by atoms with Crippen LogP contribution >= 0.6 is 22.7 Å². The van der Waals surface area contributed by atoms with Crippen molar-refractivity contribution in [1.29, 1.82) is 0 Å². The number of rotatable bonds is 5. The highest BCUT2D eigenvalue weighted by molar-refractivity contribution is 7.26. The van der Waals surface area contributed by atoms with Gasteiger partial charge in [0, 0.05) is 62.4 Å². The monoisotopic (exact) mass is 723 g/mol. The molecule has 11 aromatic rings. The molecule has 0 atom stereocenters. The van der Waals surface area contributed by atoms with E-state index in [1.54, 1.807) is 22.7 Å². The second-order valence-corrected chi connectivity index (χ2v) is 15.6. The van der Waals surface area contributed by atoms with Gasteiger partial charge in [0.05, 0.1) is 0 Å². The van der Waals surface area contributed by atoms with Gasteiger partial charge in [-0.3, -0.25) is 0 Å². The normalized spacial score (nSPS) is 11.7. The van der Waals surface area contributed by atoms with Crippen molar-refractivity contribution in [3.05, 3.63) is 176 Å². The van der Waals surface area contributed by atoms with Crippen LogP contribution in [0.15, 0.2) is 176 Å². The molecule has 11 rings (SSSR count). The van der Waals surface area contributed by atoms with Crippen LogP contribution in [0.25, 0.3) is 108 Å². The van der Waals surface area contributed by atoms with E-state index >= 15 is 0 Å². The van der Waals surface area contributed by atoms with Crippen molar-refractivity contribution in [2.45, 2.75) is 0 Å². The highest BCUT2D eigenvalue weighted by atomic mass is 32.1. The maximum atomic E-state index is 5.50. The van der Waals surface area contributed by atoms with Crippen LogP contribution in [0.1, 0.15) is 0 Å². The Hall–Kier alpha value is -6.53. The van der Waals surface area contributed by atoms with E-state index in [0.29, 0.717) is 17.5 Å². The van der Waals surface area contributed by atoms with Crippen molar-refractivity contribution in [1.82, 2.24) is 15.0 Å². The summed E-state index contributed by atoms with van der Waals surface area (Å²) in [7, 11) is 0. The molecular weight excluding hydrogens is 695 g/mol. The Morgan fingerprint density at radius 1 is 0.315 bits per heavy atom. The zero-order valence-corrected chi connectivity index (χ0v) is 30.5. The smallest absolute Gasteiger partial charge is 0.165 e. The van der Waals surface area contributed by atoms with Gasteiger partial charge in [0.25, 0.3) is 0 Å². The number of thiophene rings is 2. The van der Waals surface area contributed by atoms with Gasteiger partial charge in [0.2, 0.25) is 0 Å². The third-order valence-electron chi connectivity index (χ3n) is 10.4. The lowest BCUT2D eigenvalue weighted by Crippen LogP contribution is -2.02. The first-order valence-electron chi connectivity index (χ1n) is 18.0. The summed E-state index contributed by atoms with van der Waals surface area (Å²) < 4.78 is 4.84. The highest BCUT2D eigenvalue weighted by Crippen LogP contribution is 2.45. The van der Waals surface area contributed by atoms with Crippen LogP contribution in [0.2, 0.25) is 0 Å². The van der Waals surface area contributed by atoms with Gasteiger partial charge >= 0.3 is 0 Å². The predicted octanol–water partition coefficient (Wildman–Crippen LogP) is 14.1. The molecule has 3 heterocycles. The lowest BCUT2D eigenvalue weighted by atomic mass is 9.89. The third-order valence-corrected chi connectivity index (χ3v) is 12.8. The summed E-state index contributed by atoms with van der Waals surface area (Å²) in [4.78, 5) is 16.4. The molecule has 0 spiro atoms. The van der Waals surface area contributed by atoms with E-state index in [1.807, 2.05) is 0 Å². The zero-order valence-electron chi connectivity index (χ0n) is 28.9. The Bertz CT molecular complexity index is 3090. The number of nitrogens with zero attached hydrogens (tertiary/aromatic N) is 3. The molecule has 0 aliphatic carbocycles. The van der Waals surface area contributed by atoms with E-state index in [1.165, 1.54) is 40.3 Å². The Balaban J connectivity index is 1.28. The molecule has 3 aromatic heterocycles. The predicted molar refractivity (Wildman–Crippen MR) is 230 cm³/mol. The summed E-state index contributed by atoms with van der Waals surface area (Å²) in [6, 6.07) is 62.5. The molecule has 3 nitrogen and oxygen atoms in total. The lowest BCUT2D eigenvalue weighted by molar-refractivity contribution is 1.08. The van der Waals surface area contributed by atoms with Crippen LogP contribution in [0.4, 0.5) is 0 Å². The van der Waals surface area contributed by atoms with E-state index in [4.69, 9.17) is 15.0 Å². The van der Waals surface area contributed by atoms with Crippen molar-refractivity contribution >= 4 is 73.8 Å². The third kappa shape index (κ3) is 4.97. The molecule has 0 unspecified atom stereocenters. The van der Waals surface area contributed by atoms with Crippen LogP contribution < -0.4 is 0 Å². The van der Waals surface area contributed by atoms with Crippen molar-refractivity contribution < 1.29 is 0 Å². The number of benzene rings is 8. The molecule has 0 fully saturated rings. The zero-order chi connectivity index (χ0) is 35.6. The van der Waals surface area contributed by atoms with Crippen molar-refractivity contribution in [2.75, 3.05) is 0 Å². The molecule has 0 radical (unpaired) electrons. The second-order valence-electron chi connectivity index (χ2n) is 13.5. The molecule has 0 bridgehead atoms. The van der Waals surface area contributed by atoms with E-state index < -0.39 is 0 Å². The topological polar surface area (TPSA) is 38.7 Å². The number of hydrogen-bond acceptors (Lipinski definition) is 5. The van der Waals surface area contributed by atoms with Crippen LogP contribution in [-0.2, 0) is 0 Å². The number of aromatic nitrogens is 3. The van der Waals surface area contributed by atoms with Crippen LogP contribution in [0.3, 0.4) is 0 Å². The average molecular weight is 724 g/mol. The molecule has 8 aromatic carbocycles. The molecule has 0 aliphatic heterocycles. The number of hydrogen-bond donors (Lipinski definition) is 0. The molecule has 54 heavy (non-hydrogen) atoms. The second kappa shape index (κ2) is 12.6. The van der Waals surface area contributed by atoms with E-state index in [9.17, 15) is 0 Å². The van der Waals surface area contributed by atoms with Gasteiger partial charge in [-0.05, 0) is 51.9 Å². The van der Waals surface area contributed by atoms with Gasteiger partial charge < -0.3 is 0 Å². The maximum absolute atomic E-state index is 5.50. The molecule has 0 saturated heterocycles. The first-order chi connectivity index (χ1) is 26.8. The Labute approximate surface area is 319 Å². The summed E-state index contributed by atoms with van der Waals surface area (Å²) in [5.74, 6) is 1.98. The minimum atomic E-state index is 0.652. The maximum Gasteiger partial charge on any atom is 0.165 e. The summed E-state index contributed by atoms with van der Waals surface area (Å²) in [6.45, 7) is 0. The van der Waals surface area contributed by atoms with Crippen molar-refractivity contribution in [2.24, 2.45) is 0 Å². The van der Waals surface area contributed by atoms with E-state index in [2.05, 4.69) is 176 Å². The van der Waals surface area contributed by atoms with E-state index in [-0.39, 0.29) is 0 Å². The SMILES string of the molecule is c1ccc(-c2ccc3cccc(-c4ccccc4)c3c2-c2nc(-c3cccc4c3sc3ccccc34)nc(-c3cccc4c3sc3ccccc34)n2)cc1. The van der Waals surface area contributed by atoms with Crippen LogP contribution in [0.5, 0.6) is 0 Å². The lowest BCUT2D eigenvalue weighted by Gasteiger charge is -2.17. The van der Waals surface area contributed by atoms with Gasteiger partial charge in [-0.2, -0.15) is 0 Å². The van der Waals surface area contributed by atoms with Gasteiger partial charge in [0.1, 0.15) is 0 Å². The molecule has 0 saturated carbocycles. The summed E-state index contributed by atoms with van der Waals surface area (Å²) >= 11 is 3.59. The fraction of sp³-hybridized carbons (Fsp3) is 0. The largest absolute Gasteiger partial charge is 0.208 e. The Morgan fingerprint density at radius 3 is 1.37 bits per heavy atom. The van der Waals surface area contributed by atoms with E-state index in [0.717, 1.165) is 49.7 Å². The van der Waals surface area contributed by atoms with Gasteiger partial charge in [-0.15, -0.1) is 22.7 Å². The van der Waals surface area contributed by atoms with Gasteiger partial charge in [-0.1, -0.05) is 152 Å². The van der Waals surface area contributed by atoms with Crippen LogP contribution in [-0.4, -0.2) is 15.0 Å². The Kier molecular flexibility index (Phi) is 7.22. The van der Waals surface area contributed by atoms with Crippen molar-refractivity contribution in [3.63, 3.8) is 0 Å². The first kappa shape index (κ1) is 31.0. The molecule has 0 aliphatic rings. The molecular formula is C49H29N3S2. The van der Waals surface area contributed by atoms with Gasteiger partial charge in [-0.25, -0.2) is 15.0 Å². The average Bonchev–Trinajstić information content (AvgIpc) is 3.82. The summed E-state index contributed by atoms with van der Waals surface area (Å²) in [5, 5.41) is 7.17. The first-order valence-corrected chi connectivity index (χ1v) is 19.7.